The Bertz CT molecular complexity index is 1080. The van der Waals surface area contributed by atoms with Crippen LogP contribution >= 0.6 is 11.6 Å². The lowest BCUT2D eigenvalue weighted by Crippen LogP contribution is -2.18. The zero-order valence-corrected chi connectivity index (χ0v) is 17.3. The number of rotatable bonds is 7. The summed E-state index contributed by atoms with van der Waals surface area (Å²) in [6.45, 7) is 1.59. The summed E-state index contributed by atoms with van der Waals surface area (Å²) in [5, 5.41) is 9.95. The highest BCUT2D eigenvalue weighted by Crippen LogP contribution is 2.32. The molecule has 0 fully saturated rings. The van der Waals surface area contributed by atoms with Crippen LogP contribution in [0.25, 0.3) is 0 Å². The number of anilines is 5. The Morgan fingerprint density at radius 1 is 1.23 bits per heavy atom. The smallest absolute Gasteiger partial charge is 0.232 e. The normalized spacial score (nSPS) is 13.5. The topological polar surface area (TPSA) is 120 Å². The Balaban J connectivity index is 1.54. The fourth-order valence-corrected chi connectivity index (χ4v) is 3.34. The molecule has 0 amide bonds. The van der Waals surface area contributed by atoms with Gasteiger partial charge in [0.25, 0.3) is 0 Å². The molecule has 0 spiro atoms. The summed E-state index contributed by atoms with van der Waals surface area (Å²) in [6, 6.07) is 13.0. The van der Waals surface area contributed by atoms with Crippen molar-refractivity contribution in [2.75, 3.05) is 29.1 Å². The van der Waals surface area contributed by atoms with Crippen molar-refractivity contribution in [3.63, 3.8) is 0 Å². The van der Waals surface area contributed by atoms with Gasteiger partial charge in [0.2, 0.25) is 17.2 Å². The standard InChI is InChI=1S/C19H19ClN6O3S/c20-14-11-22-19(24-13-5-6-17-16(9-13)21-7-8-29-17)26-18(14)25-15-4-2-1-3-12(15)10-23-30(27)28/h1-6,9,11,21,23H,7-8,10H2,(H,27,28)(H2,22,24,25,26). The van der Waals surface area contributed by atoms with E-state index in [-0.39, 0.29) is 6.54 Å². The van der Waals surface area contributed by atoms with E-state index >= 15 is 0 Å². The van der Waals surface area contributed by atoms with Crippen LogP contribution in [0.4, 0.5) is 28.8 Å². The number of aromatic nitrogens is 2. The molecular formula is C19H19ClN6O3S. The van der Waals surface area contributed by atoms with Gasteiger partial charge in [0, 0.05) is 24.5 Å². The van der Waals surface area contributed by atoms with Gasteiger partial charge in [-0.2, -0.15) is 4.98 Å². The summed E-state index contributed by atoms with van der Waals surface area (Å²) in [6.07, 6.45) is 1.50. The van der Waals surface area contributed by atoms with E-state index in [1.54, 1.807) is 0 Å². The van der Waals surface area contributed by atoms with Gasteiger partial charge in [-0.05, 0) is 29.8 Å². The van der Waals surface area contributed by atoms with Gasteiger partial charge in [-0.1, -0.05) is 29.8 Å². The van der Waals surface area contributed by atoms with Crippen LogP contribution in [-0.4, -0.2) is 31.9 Å². The highest BCUT2D eigenvalue weighted by molar-refractivity contribution is 7.77. The molecule has 2 aromatic carbocycles. The minimum Gasteiger partial charge on any atom is -0.490 e. The highest BCUT2D eigenvalue weighted by atomic mass is 35.5. The summed E-state index contributed by atoms with van der Waals surface area (Å²) in [4.78, 5) is 8.70. The van der Waals surface area contributed by atoms with Crippen molar-refractivity contribution in [3.8, 4) is 5.75 Å². The Morgan fingerprint density at radius 2 is 2.10 bits per heavy atom. The Kier molecular flexibility index (Phi) is 6.29. The van der Waals surface area contributed by atoms with Crippen molar-refractivity contribution in [3.05, 3.63) is 59.2 Å². The fourth-order valence-electron chi connectivity index (χ4n) is 2.93. The second kappa shape index (κ2) is 9.26. The third kappa shape index (κ3) is 4.97. The average Bonchev–Trinajstić information content (AvgIpc) is 2.75. The monoisotopic (exact) mass is 446 g/mol. The summed E-state index contributed by atoms with van der Waals surface area (Å²) in [5.74, 6) is 1.58. The van der Waals surface area contributed by atoms with Crippen molar-refractivity contribution in [2.45, 2.75) is 6.54 Å². The van der Waals surface area contributed by atoms with E-state index in [4.69, 9.17) is 20.9 Å². The van der Waals surface area contributed by atoms with Gasteiger partial charge < -0.3 is 20.7 Å². The Labute approximate surface area is 180 Å². The van der Waals surface area contributed by atoms with Gasteiger partial charge in [-0.15, -0.1) is 0 Å². The first kappa shape index (κ1) is 20.4. The highest BCUT2D eigenvalue weighted by Gasteiger charge is 2.12. The van der Waals surface area contributed by atoms with Crippen molar-refractivity contribution in [1.29, 1.82) is 0 Å². The van der Waals surface area contributed by atoms with Crippen LogP contribution in [0.2, 0.25) is 5.02 Å². The molecule has 1 unspecified atom stereocenters. The molecule has 0 saturated heterocycles. The van der Waals surface area contributed by atoms with Crippen molar-refractivity contribution in [2.24, 2.45) is 0 Å². The minimum absolute atomic E-state index is 0.199. The maximum atomic E-state index is 10.9. The summed E-state index contributed by atoms with van der Waals surface area (Å²) >= 11 is 4.17. The first-order valence-electron chi connectivity index (χ1n) is 9.08. The van der Waals surface area contributed by atoms with E-state index in [1.165, 1.54) is 6.20 Å². The molecule has 0 radical (unpaired) electrons. The van der Waals surface area contributed by atoms with Crippen LogP contribution in [0.15, 0.2) is 48.7 Å². The average molecular weight is 447 g/mol. The molecule has 3 aromatic rings. The maximum Gasteiger partial charge on any atom is 0.232 e. The van der Waals surface area contributed by atoms with Gasteiger partial charge in [-0.25, -0.2) is 13.9 Å². The fraction of sp³-hybridized carbons (Fsp3) is 0.158. The van der Waals surface area contributed by atoms with Gasteiger partial charge in [0.15, 0.2) is 5.82 Å². The number of fused-ring (bicyclic) bond motifs is 1. The molecule has 30 heavy (non-hydrogen) atoms. The van der Waals surface area contributed by atoms with E-state index in [2.05, 4.69) is 30.6 Å². The van der Waals surface area contributed by atoms with E-state index in [0.29, 0.717) is 29.1 Å². The molecule has 1 aromatic heterocycles. The zero-order chi connectivity index (χ0) is 20.9. The van der Waals surface area contributed by atoms with Crippen LogP contribution in [0.1, 0.15) is 5.56 Å². The van der Waals surface area contributed by atoms with E-state index in [1.807, 2.05) is 42.5 Å². The number of benzene rings is 2. The van der Waals surface area contributed by atoms with E-state index in [0.717, 1.165) is 29.2 Å². The van der Waals surface area contributed by atoms with E-state index in [9.17, 15) is 4.21 Å². The molecular weight excluding hydrogens is 428 g/mol. The second-order valence-corrected chi connectivity index (χ2v) is 7.55. The van der Waals surface area contributed by atoms with Gasteiger partial charge in [-0.3, -0.25) is 4.55 Å². The van der Waals surface area contributed by atoms with Crippen LogP contribution in [0.3, 0.4) is 0 Å². The molecule has 11 heteroatoms. The predicted octanol–water partition coefficient (Wildman–Crippen LogP) is 3.65. The molecule has 0 aliphatic carbocycles. The number of nitrogens with one attached hydrogen (secondary N) is 4. The Hall–Kier alpha value is -2.92. The zero-order valence-electron chi connectivity index (χ0n) is 15.7. The molecule has 0 saturated carbocycles. The number of hydrogen-bond donors (Lipinski definition) is 5. The Morgan fingerprint density at radius 3 is 2.97 bits per heavy atom. The summed E-state index contributed by atoms with van der Waals surface area (Å²) in [7, 11) is 0. The summed E-state index contributed by atoms with van der Waals surface area (Å²) < 4.78 is 27.9. The van der Waals surface area contributed by atoms with E-state index < -0.39 is 11.3 Å². The quantitative estimate of drug-likeness (QED) is 0.349. The van der Waals surface area contributed by atoms with Crippen LogP contribution in [0.5, 0.6) is 5.75 Å². The number of hydrogen-bond acceptors (Lipinski definition) is 7. The van der Waals surface area contributed by atoms with Crippen molar-refractivity contribution in [1.82, 2.24) is 14.7 Å². The van der Waals surface area contributed by atoms with Gasteiger partial charge in [0.1, 0.15) is 17.4 Å². The number of ether oxygens (including phenoxy) is 1. The third-order valence-electron chi connectivity index (χ3n) is 4.31. The first-order valence-corrected chi connectivity index (χ1v) is 10.6. The first-order chi connectivity index (χ1) is 14.6. The number of halogens is 1. The molecule has 156 valence electrons. The van der Waals surface area contributed by atoms with Crippen LogP contribution in [-0.2, 0) is 17.8 Å². The molecule has 5 N–H and O–H groups in total. The third-order valence-corrected chi connectivity index (χ3v) is 4.98. The maximum absolute atomic E-state index is 10.9. The molecule has 0 bridgehead atoms. The van der Waals surface area contributed by atoms with Gasteiger partial charge >= 0.3 is 0 Å². The lowest BCUT2D eigenvalue weighted by Gasteiger charge is -2.20. The predicted molar refractivity (Wildman–Crippen MR) is 118 cm³/mol. The second-order valence-electron chi connectivity index (χ2n) is 6.35. The molecule has 1 atom stereocenters. The summed E-state index contributed by atoms with van der Waals surface area (Å²) in [5.41, 5.74) is 3.19. The molecule has 4 rings (SSSR count). The minimum atomic E-state index is -2.11. The molecule has 1 aliphatic rings. The van der Waals surface area contributed by atoms with Crippen molar-refractivity contribution >= 4 is 51.7 Å². The molecule has 1 aliphatic heterocycles. The van der Waals surface area contributed by atoms with Gasteiger partial charge in [0.05, 0.1) is 11.9 Å². The SMILES string of the molecule is O=S(O)NCc1ccccc1Nc1nc(Nc2ccc3c(c2)NCCO3)ncc1Cl. The van der Waals surface area contributed by atoms with Crippen LogP contribution in [0, 0.1) is 0 Å². The number of nitrogens with zero attached hydrogens (tertiary/aromatic N) is 2. The number of para-hydroxylation sites is 1. The largest absolute Gasteiger partial charge is 0.490 e. The lowest BCUT2D eigenvalue weighted by molar-refractivity contribution is 0.323. The lowest BCUT2D eigenvalue weighted by atomic mass is 10.2. The molecule has 2 heterocycles. The molecule has 9 nitrogen and oxygen atoms in total. The van der Waals surface area contributed by atoms with Crippen LogP contribution < -0.4 is 25.4 Å². The van der Waals surface area contributed by atoms with Crippen molar-refractivity contribution < 1.29 is 13.5 Å².